The molecule has 0 aliphatic rings. The van der Waals surface area contributed by atoms with Crippen molar-refractivity contribution in [1.82, 2.24) is 9.97 Å². The van der Waals surface area contributed by atoms with E-state index < -0.39 is 5.82 Å². The van der Waals surface area contributed by atoms with Crippen LogP contribution in [-0.4, -0.2) is 29.9 Å². The molecule has 0 atom stereocenters. The Balaban J connectivity index is 1.75. The van der Waals surface area contributed by atoms with Crippen molar-refractivity contribution in [1.29, 1.82) is 0 Å². The Morgan fingerprint density at radius 3 is 2.50 bits per heavy atom. The van der Waals surface area contributed by atoms with E-state index in [4.69, 9.17) is 33.7 Å². The van der Waals surface area contributed by atoms with E-state index in [1.807, 2.05) is 12.1 Å². The fraction of sp³-hybridized carbons (Fsp3) is 0.200. The molecule has 1 aromatic heterocycles. The number of hydrogen-bond donors (Lipinski definition) is 1. The minimum absolute atomic E-state index is 0.00388. The summed E-state index contributed by atoms with van der Waals surface area (Å²) >= 11 is 12.1. The summed E-state index contributed by atoms with van der Waals surface area (Å²) in [5.41, 5.74) is 7.96. The second-order valence-electron chi connectivity index (χ2n) is 6.31. The number of anilines is 1. The summed E-state index contributed by atoms with van der Waals surface area (Å²) in [4.78, 5) is 8.64. The minimum Gasteiger partial charge on any atom is -0.475 e. The van der Waals surface area contributed by atoms with E-state index in [1.165, 1.54) is 17.4 Å². The van der Waals surface area contributed by atoms with Crippen LogP contribution in [0.25, 0.3) is 11.3 Å². The fourth-order valence-electron chi connectivity index (χ4n) is 2.61. The summed E-state index contributed by atoms with van der Waals surface area (Å²) in [6.07, 6.45) is 1.92. The van der Waals surface area contributed by atoms with Gasteiger partial charge < -0.3 is 10.5 Å². The van der Waals surface area contributed by atoms with E-state index in [-0.39, 0.29) is 31.2 Å². The average molecular weight is 438 g/mol. The number of nitrogens with zero attached hydrogens (tertiary/aromatic N) is 2. The van der Waals surface area contributed by atoms with Gasteiger partial charge in [0.1, 0.15) is 5.82 Å². The minimum atomic E-state index is -0.520. The highest BCUT2D eigenvalue weighted by molar-refractivity contribution is 7.64. The molecule has 3 rings (SSSR count). The lowest BCUT2D eigenvalue weighted by atomic mass is 10.1. The summed E-state index contributed by atoms with van der Waals surface area (Å²) in [6, 6.07) is 10.9. The summed E-state index contributed by atoms with van der Waals surface area (Å²) in [5.74, 6) is -0.116. The zero-order chi connectivity index (χ0) is 20.3. The Hall–Kier alpha value is -1.94. The zero-order valence-electron chi connectivity index (χ0n) is 15.4. The van der Waals surface area contributed by atoms with Gasteiger partial charge in [-0.2, -0.15) is 0 Å². The standard InChI is InChI=1S/C20H19Cl2FN3OP/c1-28(2)13-5-3-12(4-6-13)17-11-25-19(24)20(26-17)27-10-9-14-15(21)7-8-16(23)18(14)22/h3-8,11H,9-10H2,1-2H3,(H2,24,25). The molecule has 1 heterocycles. The number of ether oxygens (including phenoxy) is 1. The normalized spacial score (nSPS) is 11.1. The highest BCUT2D eigenvalue weighted by atomic mass is 35.5. The Morgan fingerprint density at radius 1 is 1.11 bits per heavy atom. The van der Waals surface area contributed by atoms with E-state index in [1.54, 1.807) is 6.20 Å². The van der Waals surface area contributed by atoms with Crippen LogP contribution in [0.2, 0.25) is 10.0 Å². The molecular weight excluding hydrogens is 419 g/mol. The van der Waals surface area contributed by atoms with Crippen molar-refractivity contribution < 1.29 is 9.13 Å². The van der Waals surface area contributed by atoms with E-state index >= 15 is 0 Å². The van der Waals surface area contributed by atoms with Crippen molar-refractivity contribution in [3.05, 3.63) is 64.0 Å². The molecule has 0 unspecified atom stereocenters. The maximum atomic E-state index is 13.6. The van der Waals surface area contributed by atoms with Crippen LogP contribution in [0.3, 0.4) is 0 Å². The first kappa shape index (κ1) is 20.8. The zero-order valence-corrected chi connectivity index (χ0v) is 17.8. The monoisotopic (exact) mass is 437 g/mol. The third-order valence-electron chi connectivity index (χ3n) is 4.18. The first-order valence-corrected chi connectivity index (χ1v) is 11.5. The number of nitrogens with two attached hydrogens (primary N) is 1. The second kappa shape index (κ2) is 9.04. The van der Waals surface area contributed by atoms with E-state index in [2.05, 4.69) is 35.4 Å². The molecular formula is C20H19Cl2FN3OP. The number of nitrogen functional groups attached to an aromatic ring is 1. The molecule has 0 spiro atoms. The Bertz CT molecular complexity index is 984. The van der Waals surface area contributed by atoms with Crippen molar-refractivity contribution in [3.63, 3.8) is 0 Å². The van der Waals surface area contributed by atoms with Gasteiger partial charge in [-0.1, -0.05) is 55.4 Å². The number of benzene rings is 2. The van der Waals surface area contributed by atoms with Crippen molar-refractivity contribution in [2.45, 2.75) is 6.42 Å². The highest BCUT2D eigenvalue weighted by Gasteiger charge is 2.13. The van der Waals surface area contributed by atoms with Gasteiger partial charge in [0.2, 0.25) is 0 Å². The number of rotatable bonds is 6. The fourth-order valence-corrected chi connectivity index (χ4v) is 3.91. The van der Waals surface area contributed by atoms with Gasteiger partial charge in [0, 0.05) is 17.0 Å². The van der Waals surface area contributed by atoms with Crippen LogP contribution >= 0.6 is 31.1 Å². The first-order chi connectivity index (χ1) is 13.4. The van der Waals surface area contributed by atoms with Crippen molar-refractivity contribution in [2.24, 2.45) is 0 Å². The molecule has 8 heteroatoms. The van der Waals surface area contributed by atoms with Crippen LogP contribution in [0.1, 0.15) is 5.56 Å². The molecule has 0 radical (unpaired) electrons. The Kier molecular flexibility index (Phi) is 6.71. The van der Waals surface area contributed by atoms with E-state index in [0.29, 0.717) is 22.7 Å². The van der Waals surface area contributed by atoms with Crippen LogP contribution in [0.4, 0.5) is 10.2 Å². The summed E-state index contributed by atoms with van der Waals surface area (Å²) in [5, 5.41) is 1.69. The van der Waals surface area contributed by atoms with Gasteiger partial charge in [0.15, 0.2) is 5.82 Å². The predicted octanol–water partition coefficient (Wildman–Crippen LogP) is 5.16. The van der Waals surface area contributed by atoms with Crippen molar-refractivity contribution >= 4 is 42.2 Å². The van der Waals surface area contributed by atoms with Crippen LogP contribution in [0.5, 0.6) is 5.88 Å². The Labute approximate surface area is 174 Å². The molecule has 0 saturated heterocycles. The van der Waals surface area contributed by atoms with Gasteiger partial charge in [-0.15, -0.1) is 0 Å². The predicted molar refractivity (Wildman–Crippen MR) is 116 cm³/mol. The van der Waals surface area contributed by atoms with Gasteiger partial charge >= 0.3 is 0 Å². The number of aromatic nitrogens is 2. The quantitative estimate of drug-likeness (QED) is 0.427. The molecule has 2 aromatic carbocycles. The molecule has 0 fully saturated rings. The molecule has 0 saturated carbocycles. The van der Waals surface area contributed by atoms with Gasteiger partial charge in [-0.05, 0) is 36.3 Å². The number of hydrogen-bond acceptors (Lipinski definition) is 4. The smallest absolute Gasteiger partial charge is 0.257 e. The lowest BCUT2D eigenvalue weighted by Gasteiger charge is -2.11. The van der Waals surface area contributed by atoms with Crippen LogP contribution in [-0.2, 0) is 6.42 Å². The third kappa shape index (κ3) is 4.72. The molecule has 0 aliphatic carbocycles. The largest absolute Gasteiger partial charge is 0.475 e. The molecule has 2 N–H and O–H groups in total. The van der Waals surface area contributed by atoms with Crippen LogP contribution < -0.4 is 15.8 Å². The topological polar surface area (TPSA) is 61.0 Å². The molecule has 0 bridgehead atoms. The molecule has 28 heavy (non-hydrogen) atoms. The average Bonchev–Trinajstić information content (AvgIpc) is 2.69. The summed E-state index contributed by atoms with van der Waals surface area (Å²) < 4.78 is 19.3. The molecule has 0 amide bonds. The molecule has 0 aliphatic heterocycles. The van der Waals surface area contributed by atoms with Gasteiger partial charge in [-0.25, -0.2) is 14.4 Å². The van der Waals surface area contributed by atoms with Gasteiger partial charge in [-0.3, -0.25) is 0 Å². The first-order valence-electron chi connectivity index (χ1n) is 8.52. The highest BCUT2D eigenvalue weighted by Crippen LogP contribution is 2.29. The SMILES string of the molecule is CP(C)c1ccc(-c2cnc(N)c(OCCc3c(Cl)ccc(F)c3Cl)n2)cc1. The number of halogens is 3. The third-order valence-corrected chi connectivity index (χ3v) is 6.27. The van der Waals surface area contributed by atoms with Crippen molar-refractivity contribution in [2.75, 3.05) is 25.7 Å². The molecule has 146 valence electrons. The lowest BCUT2D eigenvalue weighted by molar-refractivity contribution is 0.310. The lowest BCUT2D eigenvalue weighted by Crippen LogP contribution is -2.08. The summed E-state index contributed by atoms with van der Waals surface area (Å²) in [7, 11) is -0.155. The maximum Gasteiger partial charge on any atom is 0.257 e. The van der Waals surface area contributed by atoms with Gasteiger partial charge in [0.25, 0.3) is 5.88 Å². The van der Waals surface area contributed by atoms with Crippen LogP contribution in [0, 0.1) is 5.82 Å². The van der Waals surface area contributed by atoms with E-state index in [0.717, 1.165) is 5.56 Å². The van der Waals surface area contributed by atoms with E-state index in [9.17, 15) is 4.39 Å². The van der Waals surface area contributed by atoms with Crippen LogP contribution in [0.15, 0.2) is 42.6 Å². The molecule has 4 nitrogen and oxygen atoms in total. The molecule has 3 aromatic rings. The van der Waals surface area contributed by atoms with Crippen molar-refractivity contribution in [3.8, 4) is 17.1 Å². The second-order valence-corrected chi connectivity index (χ2v) is 9.40. The maximum absolute atomic E-state index is 13.6. The van der Waals surface area contributed by atoms with Gasteiger partial charge in [0.05, 0.1) is 23.5 Å². The Morgan fingerprint density at radius 2 is 1.82 bits per heavy atom. The summed E-state index contributed by atoms with van der Waals surface area (Å²) in [6.45, 7) is 4.59.